The molecule has 20 heavy (non-hydrogen) atoms. The lowest BCUT2D eigenvalue weighted by atomic mass is 9.99. The number of ether oxygens (including phenoxy) is 1. The molecule has 3 N–H and O–H groups in total. The molecule has 1 unspecified atom stereocenters. The Labute approximate surface area is 125 Å². The number of rotatable bonds is 2. The number of nitrogens with one attached hydrogen (secondary N) is 1. The molecule has 1 saturated heterocycles. The molecule has 5 heteroatoms. The van der Waals surface area contributed by atoms with Crippen molar-refractivity contribution in [3.63, 3.8) is 0 Å². The summed E-state index contributed by atoms with van der Waals surface area (Å²) in [5, 5.41) is 4.97. The van der Waals surface area contributed by atoms with Crippen LogP contribution in [0.2, 0.25) is 0 Å². The van der Waals surface area contributed by atoms with Crippen LogP contribution in [0.25, 0.3) is 10.8 Å². The molecule has 0 radical (unpaired) electrons. The van der Waals surface area contributed by atoms with Gasteiger partial charge in [-0.2, -0.15) is 0 Å². The lowest BCUT2D eigenvalue weighted by molar-refractivity contribution is -0.121. The molecule has 4 nitrogen and oxygen atoms in total. The first kappa shape index (κ1) is 13.5. The zero-order valence-electron chi connectivity index (χ0n) is 10.9. The summed E-state index contributed by atoms with van der Waals surface area (Å²) in [5.74, 6) is -0.192. The van der Waals surface area contributed by atoms with Crippen molar-refractivity contribution in [3.8, 4) is 0 Å². The maximum Gasteiger partial charge on any atom is 0.246 e. The topological polar surface area (TPSA) is 64.4 Å². The highest BCUT2D eigenvalue weighted by atomic mass is 79.9. The summed E-state index contributed by atoms with van der Waals surface area (Å²) >= 11 is 3.52. The van der Waals surface area contributed by atoms with Gasteiger partial charge in [-0.25, -0.2) is 0 Å². The molecule has 1 aliphatic heterocycles. The van der Waals surface area contributed by atoms with Gasteiger partial charge < -0.3 is 15.8 Å². The van der Waals surface area contributed by atoms with Gasteiger partial charge in [0.1, 0.15) is 5.54 Å². The zero-order valence-corrected chi connectivity index (χ0v) is 12.4. The third-order valence-corrected chi connectivity index (χ3v) is 4.31. The second-order valence-corrected chi connectivity index (χ2v) is 5.91. The van der Waals surface area contributed by atoms with Crippen LogP contribution in [0.5, 0.6) is 0 Å². The molecular weight excluding hydrogens is 320 g/mol. The lowest BCUT2D eigenvalue weighted by Crippen LogP contribution is -2.51. The summed E-state index contributed by atoms with van der Waals surface area (Å²) in [6.45, 7) is 0.804. The predicted octanol–water partition coefficient (Wildman–Crippen LogP) is 2.66. The fourth-order valence-electron chi connectivity index (χ4n) is 2.38. The highest BCUT2D eigenvalue weighted by Crippen LogP contribution is 2.30. The summed E-state index contributed by atoms with van der Waals surface area (Å²) in [5.41, 5.74) is 5.92. The van der Waals surface area contributed by atoms with E-state index in [1.54, 1.807) is 0 Å². The number of nitrogens with two attached hydrogens (primary N) is 1. The van der Waals surface area contributed by atoms with E-state index in [2.05, 4.69) is 21.2 Å². The minimum Gasteiger partial charge on any atom is -0.379 e. The van der Waals surface area contributed by atoms with E-state index in [4.69, 9.17) is 10.5 Å². The van der Waals surface area contributed by atoms with E-state index in [0.29, 0.717) is 13.0 Å². The van der Waals surface area contributed by atoms with Crippen molar-refractivity contribution in [1.29, 1.82) is 0 Å². The van der Waals surface area contributed by atoms with E-state index in [9.17, 15) is 4.79 Å². The molecule has 0 bridgehead atoms. The SMILES string of the molecule is NC1(C(=O)Nc2ccc(Br)c3ccccc23)CCOC1. The van der Waals surface area contributed by atoms with Gasteiger partial charge in [0, 0.05) is 22.2 Å². The highest BCUT2D eigenvalue weighted by molar-refractivity contribution is 9.10. The molecule has 2 aromatic carbocycles. The van der Waals surface area contributed by atoms with Gasteiger partial charge in [-0.3, -0.25) is 4.79 Å². The number of anilines is 1. The Morgan fingerprint density at radius 1 is 1.25 bits per heavy atom. The number of amides is 1. The van der Waals surface area contributed by atoms with Gasteiger partial charge in [0.05, 0.1) is 6.61 Å². The van der Waals surface area contributed by atoms with Crippen LogP contribution in [-0.4, -0.2) is 24.7 Å². The average molecular weight is 335 g/mol. The number of fused-ring (bicyclic) bond motifs is 1. The Kier molecular flexibility index (Phi) is 3.50. The van der Waals surface area contributed by atoms with Gasteiger partial charge in [-0.1, -0.05) is 40.2 Å². The van der Waals surface area contributed by atoms with Crippen LogP contribution in [0.4, 0.5) is 5.69 Å². The van der Waals surface area contributed by atoms with Crippen LogP contribution < -0.4 is 11.1 Å². The van der Waals surface area contributed by atoms with Crippen molar-refractivity contribution in [1.82, 2.24) is 0 Å². The second-order valence-electron chi connectivity index (χ2n) is 5.05. The predicted molar refractivity (Wildman–Crippen MR) is 82.6 cm³/mol. The monoisotopic (exact) mass is 334 g/mol. The smallest absolute Gasteiger partial charge is 0.246 e. The van der Waals surface area contributed by atoms with E-state index in [1.807, 2.05) is 36.4 Å². The summed E-state index contributed by atoms with van der Waals surface area (Å²) in [6.07, 6.45) is 0.549. The van der Waals surface area contributed by atoms with Crippen LogP contribution in [0.1, 0.15) is 6.42 Å². The molecular formula is C15H15BrN2O2. The van der Waals surface area contributed by atoms with Crippen LogP contribution >= 0.6 is 15.9 Å². The van der Waals surface area contributed by atoms with Crippen molar-refractivity contribution in [2.45, 2.75) is 12.0 Å². The molecule has 1 atom stereocenters. The Morgan fingerprint density at radius 3 is 2.70 bits per heavy atom. The Hall–Kier alpha value is -1.43. The van der Waals surface area contributed by atoms with Gasteiger partial charge in [0.15, 0.2) is 0 Å². The normalized spacial score (nSPS) is 22.1. The fraction of sp³-hybridized carbons (Fsp3) is 0.267. The minimum absolute atomic E-state index is 0.192. The number of carbonyl (C=O) groups is 1. The highest BCUT2D eigenvalue weighted by Gasteiger charge is 2.38. The maximum atomic E-state index is 12.3. The van der Waals surface area contributed by atoms with E-state index in [-0.39, 0.29) is 12.5 Å². The Balaban J connectivity index is 1.95. The molecule has 3 rings (SSSR count). The van der Waals surface area contributed by atoms with Crippen LogP contribution in [0.3, 0.4) is 0 Å². The van der Waals surface area contributed by atoms with Gasteiger partial charge in [0.25, 0.3) is 0 Å². The maximum absolute atomic E-state index is 12.3. The number of halogens is 1. The fourth-order valence-corrected chi connectivity index (χ4v) is 2.86. The van der Waals surface area contributed by atoms with Crippen LogP contribution in [0.15, 0.2) is 40.9 Å². The van der Waals surface area contributed by atoms with E-state index < -0.39 is 5.54 Å². The van der Waals surface area contributed by atoms with Gasteiger partial charge in [0.2, 0.25) is 5.91 Å². The van der Waals surface area contributed by atoms with Crippen LogP contribution in [-0.2, 0) is 9.53 Å². The van der Waals surface area contributed by atoms with Crippen molar-refractivity contribution in [3.05, 3.63) is 40.9 Å². The molecule has 1 fully saturated rings. The van der Waals surface area contributed by atoms with Gasteiger partial charge >= 0.3 is 0 Å². The quantitative estimate of drug-likeness (QED) is 0.887. The summed E-state index contributed by atoms with van der Waals surface area (Å²) in [7, 11) is 0. The number of benzene rings is 2. The first-order chi connectivity index (χ1) is 9.60. The lowest BCUT2D eigenvalue weighted by Gasteiger charge is -2.21. The molecule has 0 aromatic heterocycles. The third-order valence-electron chi connectivity index (χ3n) is 3.62. The summed E-state index contributed by atoms with van der Waals surface area (Å²) in [4.78, 5) is 12.3. The van der Waals surface area contributed by atoms with Crippen LogP contribution in [0, 0.1) is 0 Å². The van der Waals surface area contributed by atoms with Crippen molar-refractivity contribution in [2.75, 3.05) is 18.5 Å². The molecule has 1 aliphatic rings. The standard InChI is InChI=1S/C15H15BrN2O2/c16-12-5-6-13(11-4-2-1-3-10(11)12)18-14(19)15(17)7-8-20-9-15/h1-6H,7-9,17H2,(H,18,19). The molecule has 1 amide bonds. The molecule has 104 valence electrons. The summed E-state index contributed by atoms with van der Waals surface area (Å²) in [6, 6.07) is 11.7. The molecule has 2 aromatic rings. The number of carbonyl (C=O) groups excluding carboxylic acids is 1. The van der Waals surface area contributed by atoms with E-state index >= 15 is 0 Å². The molecule has 0 aliphatic carbocycles. The van der Waals surface area contributed by atoms with Gasteiger partial charge in [-0.05, 0) is 23.9 Å². The Morgan fingerprint density at radius 2 is 2.00 bits per heavy atom. The molecule has 1 heterocycles. The largest absolute Gasteiger partial charge is 0.379 e. The minimum atomic E-state index is -0.922. The molecule has 0 spiro atoms. The third kappa shape index (κ3) is 2.32. The number of hydrogen-bond donors (Lipinski definition) is 2. The van der Waals surface area contributed by atoms with Crippen molar-refractivity contribution in [2.24, 2.45) is 5.73 Å². The van der Waals surface area contributed by atoms with Crippen molar-refractivity contribution < 1.29 is 9.53 Å². The first-order valence-electron chi connectivity index (χ1n) is 6.45. The molecule has 0 saturated carbocycles. The average Bonchev–Trinajstić information content (AvgIpc) is 2.90. The summed E-state index contributed by atoms with van der Waals surface area (Å²) < 4.78 is 6.23. The van der Waals surface area contributed by atoms with Crippen molar-refractivity contribution >= 4 is 38.3 Å². The second kappa shape index (κ2) is 5.16. The zero-order chi connectivity index (χ0) is 14.2. The van der Waals surface area contributed by atoms with Gasteiger partial charge in [-0.15, -0.1) is 0 Å². The van der Waals surface area contributed by atoms with E-state index in [1.165, 1.54) is 0 Å². The van der Waals surface area contributed by atoms with E-state index in [0.717, 1.165) is 20.9 Å². The number of hydrogen-bond acceptors (Lipinski definition) is 3. The first-order valence-corrected chi connectivity index (χ1v) is 7.25. The Bertz CT molecular complexity index is 666.